The Bertz CT molecular complexity index is 490. The molecule has 23 heavy (non-hydrogen) atoms. The molecular weight excluding hydrogens is 316 g/mol. The Hall–Kier alpha value is -1.30. The highest BCUT2D eigenvalue weighted by Crippen LogP contribution is 2.21. The van der Waals surface area contributed by atoms with Crippen LogP contribution in [-0.4, -0.2) is 43.2 Å². The second kappa shape index (κ2) is 9.75. The zero-order valence-corrected chi connectivity index (χ0v) is 14.7. The maximum Gasteiger partial charge on any atom is 0.224 e. The summed E-state index contributed by atoms with van der Waals surface area (Å²) in [6, 6.07) is 7.64. The number of hydrogen-bond acceptors (Lipinski definition) is 4. The predicted octanol–water partition coefficient (Wildman–Crippen LogP) is 2.36. The normalized spacial score (nSPS) is 18.1. The number of halogens is 1. The Morgan fingerprint density at radius 2 is 2.22 bits per heavy atom. The van der Waals surface area contributed by atoms with Crippen molar-refractivity contribution in [3.63, 3.8) is 0 Å². The minimum Gasteiger partial charge on any atom is -0.496 e. The average Bonchev–Trinajstić information content (AvgIpc) is 2.99. The van der Waals surface area contributed by atoms with Crippen molar-refractivity contribution in [3.8, 4) is 5.75 Å². The van der Waals surface area contributed by atoms with Gasteiger partial charge >= 0.3 is 0 Å². The van der Waals surface area contributed by atoms with Crippen LogP contribution in [0.3, 0.4) is 0 Å². The van der Waals surface area contributed by atoms with Crippen LogP contribution in [0.25, 0.3) is 0 Å². The summed E-state index contributed by atoms with van der Waals surface area (Å²) >= 11 is 0. The van der Waals surface area contributed by atoms with E-state index in [1.165, 1.54) is 0 Å². The lowest BCUT2D eigenvalue weighted by atomic mass is 10.1. The lowest BCUT2D eigenvalue weighted by molar-refractivity contribution is -0.133. The molecule has 0 saturated carbocycles. The van der Waals surface area contributed by atoms with E-state index in [1.54, 1.807) is 7.11 Å². The summed E-state index contributed by atoms with van der Waals surface area (Å²) in [5.41, 5.74) is 6.79. The lowest BCUT2D eigenvalue weighted by Crippen LogP contribution is -2.39. The predicted molar refractivity (Wildman–Crippen MR) is 92.9 cm³/mol. The minimum absolute atomic E-state index is 0. The first-order valence-electron chi connectivity index (χ1n) is 7.87. The molecule has 1 aromatic carbocycles. The smallest absolute Gasteiger partial charge is 0.224 e. The highest BCUT2D eigenvalue weighted by Gasteiger charge is 2.24. The van der Waals surface area contributed by atoms with Crippen LogP contribution in [-0.2, 0) is 16.1 Å². The number of carbonyl (C=O) groups is 1. The van der Waals surface area contributed by atoms with E-state index in [4.69, 9.17) is 15.2 Å². The van der Waals surface area contributed by atoms with E-state index in [-0.39, 0.29) is 30.5 Å². The summed E-state index contributed by atoms with van der Waals surface area (Å²) < 4.78 is 11.1. The summed E-state index contributed by atoms with van der Waals surface area (Å²) in [4.78, 5) is 14.3. The van der Waals surface area contributed by atoms with E-state index in [9.17, 15) is 4.79 Å². The van der Waals surface area contributed by atoms with Crippen LogP contribution in [0.2, 0.25) is 0 Å². The molecule has 2 rings (SSSR count). The Morgan fingerprint density at radius 1 is 1.48 bits per heavy atom. The molecule has 0 aliphatic carbocycles. The topological polar surface area (TPSA) is 64.8 Å². The molecule has 0 radical (unpaired) electrons. The zero-order valence-electron chi connectivity index (χ0n) is 13.9. The van der Waals surface area contributed by atoms with Crippen LogP contribution < -0.4 is 10.5 Å². The molecule has 2 atom stereocenters. The van der Waals surface area contributed by atoms with Crippen LogP contribution in [0.5, 0.6) is 5.75 Å². The molecule has 6 heteroatoms. The molecule has 0 spiro atoms. The molecule has 130 valence electrons. The number of ether oxygens (including phenoxy) is 2. The van der Waals surface area contributed by atoms with Crippen molar-refractivity contribution in [3.05, 3.63) is 29.8 Å². The first-order chi connectivity index (χ1) is 10.6. The van der Waals surface area contributed by atoms with Gasteiger partial charge in [-0.2, -0.15) is 0 Å². The van der Waals surface area contributed by atoms with E-state index in [0.717, 1.165) is 30.8 Å². The van der Waals surface area contributed by atoms with Gasteiger partial charge in [-0.3, -0.25) is 4.79 Å². The van der Waals surface area contributed by atoms with Gasteiger partial charge in [0, 0.05) is 37.7 Å². The first kappa shape index (κ1) is 19.7. The van der Waals surface area contributed by atoms with Gasteiger partial charge < -0.3 is 20.1 Å². The molecule has 0 aromatic heterocycles. The number of rotatable bonds is 7. The number of nitrogens with zero attached hydrogens (tertiary/aromatic N) is 1. The minimum atomic E-state index is -0.142. The first-order valence-corrected chi connectivity index (χ1v) is 7.87. The van der Waals surface area contributed by atoms with Crippen LogP contribution in [0, 0.1) is 0 Å². The Kier molecular flexibility index (Phi) is 8.37. The maximum absolute atomic E-state index is 12.5. The van der Waals surface area contributed by atoms with Crippen LogP contribution in [0.15, 0.2) is 24.3 Å². The molecule has 1 amide bonds. The average molecular weight is 343 g/mol. The van der Waals surface area contributed by atoms with Gasteiger partial charge in [-0.05, 0) is 25.8 Å². The summed E-state index contributed by atoms with van der Waals surface area (Å²) in [6.07, 6.45) is 2.55. The number of hydrogen-bond donors (Lipinski definition) is 1. The van der Waals surface area contributed by atoms with Crippen molar-refractivity contribution >= 4 is 18.3 Å². The van der Waals surface area contributed by atoms with Crippen LogP contribution in [0.4, 0.5) is 0 Å². The molecule has 2 N–H and O–H groups in total. The van der Waals surface area contributed by atoms with Crippen molar-refractivity contribution < 1.29 is 14.3 Å². The quantitative estimate of drug-likeness (QED) is 0.826. The molecule has 1 aromatic rings. The summed E-state index contributed by atoms with van der Waals surface area (Å²) in [5, 5.41) is 0. The van der Waals surface area contributed by atoms with Gasteiger partial charge in [-0.25, -0.2) is 0 Å². The van der Waals surface area contributed by atoms with Gasteiger partial charge in [0.1, 0.15) is 5.75 Å². The third-order valence-electron chi connectivity index (χ3n) is 3.85. The summed E-state index contributed by atoms with van der Waals surface area (Å²) in [6.45, 7) is 3.78. The van der Waals surface area contributed by atoms with Crippen molar-refractivity contribution in [2.45, 2.75) is 44.9 Å². The fraction of sp³-hybridized carbons (Fsp3) is 0.588. The van der Waals surface area contributed by atoms with Crippen LogP contribution >= 0.6 is 12.4 Å². The number of methoxy groups -OCH3 is 1. The highest BCUT2D eigenvalue weighted by atomic mass is 35.5. The van der Waals surface area contributed by atoms with Gasteiger partial charge in [-0.15, -0.1) is 12.4 Å². The third-order valence-corrected chi connectivity index (χ3v) is 3.85. The standard InChI is InChI=1S/C17H26N2O3.ClH/c1-13(18)10-17(20)19(12-15-7-5-9-22-15)11-14-6-3-4-8-16(14)21-2;/h3-4,6,8,13,15H,5,7,9-12,18H2,1-2H3;1H. The number of nitrogens with two attached hydrogens (primary N) is 1. The van der Waals surface area contributed by atoms with Crippen molar-refractivity contribution in [1.29, 1.82) is 0 Å². The Morgan fingerprint density at radius 3 is 2.83 bits per heavy atom. The fourth-order valence-corrected chi connectivity index (χ4v) is 2.73. The van der Waals surface area contributed by atoms with E-state index in [2.05, 4.69) is 0 Å². The van der Waals surface area contributed by atoms with Crippen molar-refractivity contribution in [2.24, 2.45) is 5.73 Å². The molecular formula is C17H27ClN2O3. The van der Waals surface area contributed by atoms with Gasteiger partial charge in [0.2, 0.25) is 5.91 Å². The SMILES string of the molecule is COc1ccccc1CN(CC1CCCO1)C(=O)CC(C)N.Cl. The third kappa shape index (κ3) is 6.01. The van der Waals surface area contributed by atoms with Gasteiger partial charge in [0.15, 0.2) is 0 Å². The van der Waals surface area contributed by atoms with Gasteiger partial charge in [0.05, 0.1) is 13.2 Å². The fourth-order valence-electron chi connectivity index (χ4n) is 2.73. The molecule has 2 unspecified atom stereocenters. The zero-order chi connectivity index (χ0) is 15.9. The van der Waals surface area contributed by atoms with Crippen molar-refractivity contribution in [1.82, 2.24) is 4.90 Å². The van der Waals surface area contributed by atoms with E-state index >= 15 is 0 Å². The second-order valence-electron chi connectivity index (χ2n) is 5.90. The molecule has 1 saturated heterocycles. The number of benzene rings is 1. The number of carbonyl (C=O) groups excluding carboxylic acids is 1. The number of amides is 1. The van der Waals surface area contributed by atoms with Gasteiger partial charge in [0.25, 0.3) is 0 Å². The molecule has 5 nitrogen and oxygen atoms in total. The van der Waals surface area contributed by atoms with E-state index < -0.39 is 0 Å². The maximum atomic E-state index is 12.5. The lowest BCUT2D eigenvalue weighted by Gasteiger charge is -2.27. The van der Waals surface area contributed by atoms with Crippen LogP contribution in [0.1, 0.15) is 31.7 Å². The molecule has 1 aliphatic rings. The molecule has 1 aliphatic heterocycles. The summed E-state index contributed by atoms with van der Waals surface area (Å²) in [7, 11) is 1.65. The monoisotopic (exact) mass is 342 g/mol. The van der Waals surface area contributed by atoms with E-state index in [0.29, 0.717) is 19.5 Å². The highest BCUT2D eigenvalue weighted by molar-refractivity contribution is 5.85. The Labute approximate surface area is 144 Å². The second-order valence-corrected chi connectivity index (χ2v) is 5.90. The van der Waals surface area contributed by atoms with Gasteiger partial charge in [-0.1, -0.05) is 18.2 Å². The molecule has 0 bridgehead atoms. The molecule has 1 fully saturated rings. The summed E-state index contributed by atoms with van der Waals surface area (Å²) in [5.74, 6) is 0.866. The Balaban J connectivity index is 0.00000264. The van der Waals surface area contributed by atoms with E-state index in [1.807, 2.05) is 36.1 Å². The number of para-hydroxylation sites is 1. The largest absolute Gasteiger partial charge is 0.496 e. The molecule has 1 heterocycles. The van der Waals surface area contributed by atoms with Crippen molar-refractivity contribution in [2.75, 3.05) is 20.3 Å².